The first-order chi connectivity index (χ1) is 25.8. The lowest BCUT2D eigenvalue weighted by Gasteiger charge is -2.34. The fourth-order valence-corrected chi connectivity index (χ4v) is 9.93. The molecule has 2 aliphatic carbocycles. The van der Waals surface area contributed by atoms with Gasteiger partial charge in [0.15, 0.2) is 6.04 Å². The van der Waals surface area contributed by atoms with E-state index >= 15 is 0 Å². The van der Waals surface area contributed by atoms with E-state index in [9.17, 15) is 32.4 Å². The molecule has 1 aromatic rings. The van der Waals surface area contributed by atoms with Crippen molar-refractivity contribution in [3.8, 4) is 0 Å². The molecule has 2 saturated carbocycles. The van der Waals surface area contributed by atoms with Gasteiger partial charge < -0.3 is 19.7 Å². The van der Waals surface area contributed by atoms with Crippen LogP contribution in [-0.4, -0.2) is 101 Å². The molecule has 3 N–H and O–H groups in total. The van der Waals surface area contributed by atoms with E-state index in [0.717, 1.165) is 16.0 Å². The number of hydrogen-bond acceptors (Lipinski definition) is 11. The van der Waals surface area contributed by atoms with Gasteiger partial charge in [0.05, 0.1) is 24.9 Å². The monoisotopic (exact) mass is 801 g/mol. The molecule has 300 valence electrons. The molecule has 3 heterocycles. The number of nitrogens with one attached hydrogen (secondary N) is 3. The molecule has 0 radical (unpaired) electrons. The standard InChI is InChI=1S/C38H52N6O9S2/c1-7-24-18-38(24,33(47)41-55(50,51)26-13-14-26)44(39)31(45)28-17-25-20-43(28)32(46)30(36(2,3)4)40-34(48)52-22-37(5,6)15-8-9-16-54-29-12-10-11-23-19-42(21-27(23)29)35(49)53-25/h8-12,24-26,28,30,39H,7,13-22H2,1-6H3,(H-,40,41,47,48)/p+1. The maximum absolute atomic E-state index is 14.6. The van der Waals surface area contributed by atoms with Gasteiger partial charge in [-0.25, -0.2) is 27.5 Å². The summed E-state index contributed by atoms with van der Waals surface area (Å²) in [5, 5.41) is 2.02. The summed E-state index contributed by atoms with van der Waals surface area (Å²) in [6.45, 7) is 11.5. The van der Waals surface area contributed by atoms with Crippen LogP contribution in [0.25, 0.3) is 0 Å². The van der Waals surface area contributed by atoms with E-state index in [2.05, 4.69) is 16.1 Å². The molecule has 0 spiro atoms. The van der Waals surface area contributed by atoms with Crippen molar-refractivity contribution in [1.82, 2.24) is 19.8 Å². The maximum Gasteiger partial charge on any atom is 0.434 e. The zero-order valence-electron chi connectivity index (χ0n) is 32.4. The first-order valence-electron chi connectivity index (χ1n) is 19.0. The van der Waals surface area contributed by atoms with Gasteiger partial charge in [-0.3, -0.25) is 14.5 Å². The number of hydrogen-bond donors (Lipinski definition) is 3. The van der Waals surface area contributed by atoms with Crippen LogP contribution in [-0.2, 0) is 47.0 Å². The molecule has 0 aromatic heterocycles. The third-order valence-corrected chi connectivity index (χ3v) is 14.1. The number of ether oxygens (including phenoxy) is 2. The third-order valence-electron chi connectivity index (χ3n) is 11.2. The first-order valence-corrected chi connectivity index (χ1v) is 21.5. The number of rotatable bonds is 6. The summed E-state index contributed by atoms with van der Waals surface area (Å²) in [6.07, 6.45) is 3.47. The lowest BCUT2D eigenvalue weighted by molar-refractivity contribution is -0.576. The van der Waals surface area contributed by atoms with Gasteiger partial charge in [-0.15, -0.1) is 11.8 Å². The van der Waals surface area contributed by atoms with Gasteiger partial charge in [-0.2, -0.15) is 0 Å². The van der Waals surface area contributed by atoms with Crippen molar-refractivity contribution in [3.05, 3.63) is 41.5 Å². The molecular formula is C38H53N6O9S2+. The highest BCUT2D eigenvalue weighted by atomic mass is 32.2. The molecule has 17 heteroatoms. The van der Waals surface area contributed by atoms with Gasteiger partial charge in [0, 0.05) is 41.4 Å². The summed E-state index contributed by atoms with van der Waals surface area (Å²) in [5.74, 6) is -2.31. The van der Waals surface area contributed by atoms with Crippen molar-refractivity contribution >= 4 is 51.7 Å². The van der Waals surface area contributed by atoms with Gasteiger partial charge in [-0.1, -0.05) is 71.4 Å². The second-order valence-corrected chi connectivity index (χ2v) is 20.3. The van der Waals surface area contributed by atoms with E-state index in [1.54, 1.807) is 44.4 Å². The van der Waals surface area contributed by atoms with Gasteiger partial charge >= 0.3 is 24.0 Å². The Morgan fingerprint density at radius 2 is 1.85 bits per heavy atom. The summed E-state index contributed by atoms with van der Waals surface area (Å²) >= 11 is 1.65. The van der Waals surface area contributed by atoms with Crippen molar-refractivity contribution in [3.63, 3.8) is 0 Å². The number of carbonyl (C=O) groups is 5. The Morgan fingerprint density at radius 3 is 2.51 bits per heavy atom. The molecule has 3 aliphatic heterocycles. The Morgan fingerprint density at radius 1 is 1.13 bits per heavy atom. The van der Waals surface area contributed by atoms with E-state index in [1.807, 2.05) is 38.1 Å². The lowest BCUT2D eigenvalue weighted by Crippen LogP contribution is -2.59. The molecule has 15 nitrogen and oxygen atoms in total. The van der Waals surface area contributed by atoms with E-state index in [4.69, 9.17) is 15.0 Å². The number of benzene rings is 1. The minimum absolute atomic E-state index is 0.0687. The van der Waals surface area contributed by atoms with E-state index in [1.165, 1.54) is 4.90 Å². The predicted octanol–water partition coefficient (Wildman–Crippen LogP) is 4.67. The fourth-order valence-electron chi connectivity index (χ4n) is 7.61. The molecule has 5 atom stereocenters. The predicted molar refractivity (Wildman–Crippen MR) is 201 cm³/mol. The number of fused-ring (bicyclic) bond motifs is 3. The Kier molecular flexibility index (Phi) is 11.2. The molecule has 1 saturated heterocycles. The van der Waals surface area contributed by atoms with Crippen molar-refractivity contribution in [2.75, 3.05) is 18.9 Å². The molecule has 55 heavy (non-hydrogen) atoms. The second-order valence-electron chi connectivity index (χ2n) is 17.3. The molecule has 6 rings (SSSR count). The number of amides is 5. The molecule has 5 unspecified atom stereocenters. The number of cyclic esters (lactones) is 1. The van der Waals surface area contributed by atoms with Crippen LogP contribution in [0.3, 0.4) is 0 Å². The topological polar surface area (TPSA) is 195 Å². The molecule has 3 fully saturated rings. The number of alkyl carbamates (subject to hydrolysis) is 1. The average molecular weight is 802 g/mol. The number of thioether (sulfide) groups is 1. The molecule has 5 amide bonds. The van der Waals surface area contributed by atoms with Crippen molar-refractivity contribution in [2.24, 2.45) is 16.7 Å². The number of allylic oxidation sites excluding steroid dienone is 1. The van der Waals surface area contributed by atoms with Crippen LogP contribution in [0.15, 0.2) is 35.2 Å². The van der Waals surface area contributed by atoms with Gasteiger partial charge in [0.1, 0.15) is 12.1 Å². The Hall–Kier alpha value is -3.99. The Labute approximate surface area is 326 Å². The smallest absolute Gasteiger partial charge is 0.434 e. The summed E-state index contributed by atoms with van der Waals surface area (Å²) in [4.78, 5) is 73.5. The van der Waals surface area contributed by atoms with Crippen molar-refractivity contribution in [1.29, 1.82) is 5.53 Å². The van der Waals surface area contributed by atoms with Crippen LogP contribution < -0.4 is 10.0 Å². The molecular weight excluding hydrogens is 749 g/mol. The highest BCUT2D eigenvalue weighted by molar-refractivity contribution is 7.99. The van der Waals surface area contributed by atoms with E-state index in [0.29, 0.717) is 49.2 Å². The number of sulfonamides is 1. The highest BCUT2D eigenvalue weighted by Gasteiger charge is 2.73. The van der Waals surface area contributed by atoms with Crippen LogP contribution in [0.5, 0.6) is 0 Å². The van der Waals surface area contributed by atoms with Gasteiger partial charge in [0.2, 0.25) is 15.9 Å². The van der Waals surface area contributed by atoms with Crippen LogP contribution >= 0.6 is 11.8 Å². The number of nitrogens with zero attached hydrogens (tertiary/aromatic N) is 3. The molecule has 4 bridgehead atoms. The largest absolute Gasteiger partial charge is 0.449 e. The summed E-state index contributed by atoms with van der Waals surface area (Å²) in [6, 6.07) is 3.38. The SMILES string of the molecule is CCC1CC1(C(=O)NS(=O)(=O)C1CC1)[N+](=N)C(=O)C1CC2CN1C(=O)C(C(C)(C)C)NC(=O)OCC(C)(C)CC=CCSc1cccc3c1CN(C3)C(=O)O2. The molecule has 1 aromatic carbocycles. The van der Waals surface area contributed by atoms with Crippen molar-refractivity contribution < 1.29 is 46.6 Å². The van der Waals surface area contributed by atoms with Gasteiger partial charge in [-0.05, 0) is 53.0 Å². The molecule has 5 aliphatic rings. The average Bonchev–Trinajstić information content (AvgIpc) is 4.02. The van der Waals surface area contributed by atoms with E-state index in [-0.39, 0.29) is 26.0 Å². The van der Waals surface area contributed by atoms with Crippen LogP contribution in [0.2, 0.25) is 0 Å². The van der Waals surface area contributed by atoms with Gasteiger partial charge in [0.25, 0.3) is 5.54 Å². The third kappa shape index (κ3) is 8.57. The maximum atomic E-state index is 14.6. The Balaban J connectivity index is 1.31. The lowest BCUT2D eigenvalue weighted by atomic mass is 9.85. The zero-order valence-corrected chi connectivity index (χ0v) is 34.0. The second kappa shape index (κ2) is 15.2. The van der Waals surface area contributed by atoms with Crippen LogP contribution in [0, 0.1) is 22.3 Å². The fraction of sp³-hybridized carbons (Fsp3) is 0.658. The quantitative estimate of drug-likeness (QED) is 0.207. The summed E-state index contributed by atoms with van der Waals surface area (Å²) in [5.41, 5.74) is 8.03. The Bertz CT molecular complexity index is 1910. The minimum Gasteiger partial charge on any atom is -0.449 e. The van der Waals surface area contributed by atoms with Crippen LogP contribution in [0.4, 0.5) is 9.59 Å². The van der Waals surface area contributed by atoms with E-state index < -0.39 is 85.7 Å². The number of carbonyl (C=O) groups excluding carboxylic acids is 5. The summed E-state index contributed by atoms with van der Waals surface area (Å²) in [7, 11) is -3.98. The zero-order chi connectivity index (χ0) is 40.1. The summed E-state index contributed by atoms with van der Waals surface area (Å²) < 4.78 is 39.8. The van der Waals surface area contributed by atoms with Crippen molar-refractivity contribution in [2.45, 2.75) is 127 Å². The minimum atomic E-state index is -3.98. The highest BCUT2D eigenvalue weighted by Crippen LogP contribution is 2.50. The normalized spacial score (nSPS) is 28.7. The van der Waals surface area contributed by atoms with Crippen LogP contribution in [0.1, 0.15) is 91.2 Å². The first kappa shape index (κ1) is 40.7.